The van der Waals surface area contributed by atoms with Crippen molar-refractivity contribution in [3.8, 4) is 0 Å². The molecule has 0 aliphatic carbocycles. The molecule has 0 aliphatic rings. The summed E-state index contributed by atoms with van der Waals surface area (Å²) < 4.78 is 5.62. The molecule has 1 unspecified atom stereocenters. The van der Waals surface area contributed by atoms with Crippen molar-refractivity contribution in [3.63, 3.8) is 0 Å². The Hall–Kier alpha value is -1.81. The third-order valence-corrected chi connectivity index (χ3v) is 3.06. The summed E-state index contributed by atoms with van der Waals surface area (Å²) in [6.45, 7) is 3.72. The Morgan fingerprint density at radius 2 is 2.16 bits per heavy atom. The van der Waals surface area contributed by atoms with E-state index >= 15 is 0 Å². The van der Waals surface area contributed by atoms with Gasteiger partial charge in [0.2, 0.25) is 5.91 Å². The van der Waals surface area contributed by atoms with Gasteiger partial charge in [0.05, 0.1) is 6.54 Å². The Morgan fingerprint density at radius 1 is 1.42 bits per heavy atom. The average Bonchev–Trinajstić information content (AvgIpc) is 2.81. The first-order chi connectivity index (χ1) is 9.03. The molecule has 0 fully saturated rings. The SMILES string of the molecule is CCCC(=O)NCC(C)(O)c1cc2ccccc2o1. The van der Waals surface area contributed by atoms with Gasteiger partial charge in [-0.1, -0.05) is 25.1 Å². The number of aliphatic hydroxyl groups is 1. The monoisotopic (exact) mass is 261 g/mol. The lowest BCUT2D eigenvalue weighted by Gasteiger charge is -2.21. The van der Waals surface area contributed by atoms with Gasteiger partial charge in [-0.3, -0.25) is 4.79 Å². The Labute approximate surface area is 112 Å². The highest BCUT2D eigenvalue weighted by Gasteiger charge is 2.27. The van der Waals surface area contributed by atoms with E-state index in [9.17, 15) is 9.90 Å². The second kappa shape index (κ2) is 5.45. The van der Waals surface area contributed by atoms with Gasteiger partial charge >= 0.3 is 0 Å². The van der Waals surface area contributed by atoms with Crippen molar-refractivity contribution in [2.24, 2.45) is 0 Å². The summed E-state index contributed by atoms with van der Waals surface area (Å²) in [5, 5.41) is 14.1. The predicted molar refractivity (Wildman–Crippen MR) is 73.7 cm³/mol. The molecule has 102 valence electrons. The van der Waals surface area contributed by atoms with Gasteiger partial charge in [0, 0.05) is 11.8 Å². The number of carbonyl (C=O) groups is 1. The van der Waals surface area contributed by atoms with Crippen molar-refractivity contribution < 1.29 is 14.3 Å². The summed E-state index contributed by atoms with van der Waals surface area (Å²) in [5.74, 6) is 0.407. The van der Waals surface area contributed by atoms with Crippen molar-refractivity contribution in [1.82, 2.24) is 5.32 Å². The number of amides is 1. The van der Waals surface area contributed by atoms with Crippen LogP contribution < -0.4 is 5.32 Å². The summed E-state index contributed by atoms with van der Waals surface area (Å²) in [4.78, 5) is 11.4. The van der Waals surface area contributed by atoms with Crippen LogP contribution in [0.2, 0.25) is 0 Å². The van der Waals surface area contributed by atoms with E-state index in [4.69, 9.17) is 4.42 Å². The topological polar surface area (TPSA) is 62.5 Å². The standard InChI is InChI=1S/C15H19NO3/c1-3-6-14(17)16-10-15(2,18)13-9-11-7-4-5-8-12(11)19-13/h4-5,7-9,18H,3,6,10H2,1-2H3,(H,16,17). The lowest BCUT2D eigenvalue weighted by atomic mass is 10.0. The largest absolute Gasteiger partial charge is 0.458 e. The van der Waals surface area contributed by atoms with Crippen LogP contribution in [-0.2, 0) is 10.4 Å². The molecular formula is C15H19NO3. The van der Waals surface area contributed by atoms with E-state index in [1.165, 1.54) is 0 Å². The van der Waals surface area contributed by atoms with Gasteiger partial charge in [0.15, 0.2) is 0 Å². The van der Waals surface area contributed by atoms with Gasteiger partial charge in [0.1, 0.15) is 16.9 Å². The number of hydrogen-bond donors (Lipinski definition) is 2. The molecular weight excluding hydrogens is 242 g/mol. The van der Waals surface area contributed by atoms with Crippen LogP contribution in [-0.4, -0.2) is 17.6 Å². The molecule has 0 radical (unpaired) electrons. The first-order valence-corrected chi connectivity index (χ1v) is 6.51. The van der Waals surface area contributed by atoms with Crippen LogP contribution in [0.25, 0.3) is 11.0 Å². The molecule has 2 rings (SSSR count). The summed E-state index contributed by atoms with van der Waals surface area (Å²) in [7, 11) is 0. The molecule has 0 bridgehead atoms. The second-order valence-electron chi connectivity index (χ2n) is 4.95. The summed E-state index contributed by atoms with van der Waals surface area (Å²) in [6, 6.07) is 9.38. The number of para-hydroxylation sites is 1. The first-order valence-electron chi connectivity index (χ1n) is 6.51. The predicted octanol–water partition coefficient (Wildman–Crippen LogP) is 2.56. The van der Waals surface area contributed by atoms with Crippen molar-refractivity contribution in [2.45, 2.75) is 32.3 Å². The lowest BCUT2D eigenvalue weighted by molar-refractivity contribution is -0.122. The Kier molecular flexibility index (Phi) is 3.90. The Balaban J connectivity index is 2.12. The van der Waals surface area contributed by atoms with E-state index in [0.717, 1.165) is 17.4 Å². The molecule has 1 atom stereocenters. The fraction of sp³-hybridized carbons (Fsp3) is 0.400. The minimum absolute atomic E-state index is 0.0566. The second-order valence-corrected chi connectivity index (χ2v) is 4.95. The molecule has 0 saturated heterocycles. The van der Waals surface area contributed by atoms with Gasteiger partial charge in [0.25, 0.3) is 0 Å². The molecule has 4 nitrogen and oxygen atoms in total. The molecule has 1 amide bonds. The van der Waals surface area contributed by atoms with Crippen LogP contribution in [0.1, 0.15) is 32.4 Å². The van der Waals surface area contributed by atoms with Gasteiger partial charge in [-0.2, -0.15) is 0 Å². The highest BCUT2D eigenvalue weighted by Crippen LogP contribution is 2.27. The van der Waals surface area contributed by atoms with Crippen LogP contribution in [0.15, 0.2) is 34.7 Å². The highest BCUT2D eigenvalue weighted by atomic mass is 16.4. The van der Waals surface area contributed by atoms with Gasteiger partial charge in [-0.25, -0.2) is 0 Å². The fourth-order valence-electron chi connectivity index (χ4n) is 1.92. The quantitative estimate of drug-likeness (QED) is 0.869. The van der Waals surface area contributed by atoms with E-state index in [0.29, 0.717) is 12.2 Å². The molecule has 2 N–H and O–H groups in total. The minimum Gasteiger partial charge on any atom is -0.458 e. The number of carbonyl (C=O) groups excluding carboxylic acids is 1. The van der Waals surface area contributed by atoms with Crippen LogP contribution in [0.3, 0.4) is 0 Å². The van der Waals surface area contributed by atoms with Gasteiger partial charge in [-0.15, -0.1) is 0 Å². The molecule has 0 saturated carbocycles. The summed E-state index contributed by atoms with van der Waals surface area (Å²) in [5.41, 5.74) is -0.472. The number of rotatable bonds is 5. The first kappa shape index (κ1) is 13.6. The number of benzene rings is 1. The minimum atomic E-state index is -1.21. The third kappa shape index (κ3) is 3.15. The maximum Gasteiger partial charge on any atom is 0.220 e. The number of hydrogen-bond acceptors (Lipinski definition) is 3. The maximum absolute atomic E-state index is 11.4. The van der Waals surface area contributed by atoms with E-state index in [-0.39, 0.29) is 12.5 Å². The van der Waals surface area contributed by atoms with Crippen LogP contribution >= 0.6 is 0 Å². The molecule has 2 aromatic rings. The fourth-order valence-corrected chi connectivity index (χ4v) is 1.92. The van der Waals surface area contributed by atoms with Crippen molar-refractivity contribution >= 4 is 16.9 Å². The number of furan rings is 1. The van der Waals surface area contributed by atoms with E-state index in [1.54, 1.807) is 13.0 Å². The van der Waals surface area contributed by atoms with E-state index < -0.39 is 5.60 Å². The molecule has 1 aromatic heterocycles. The summed E-state index contributed by atoms with van der Waals surface area (Å²) >= 11 is 0. The molecule has 1 heterocycles. The zero-order chi connectivity index (χ0) is 13.9. The number of nitrogens with one attached hydrogen (secondary N) is 1. The van der Waals surface area contributed by atoms with Crippen molar-refractivity contribution in [3.05, 3.63) is 36.1 Å². The lowest BCUT2D eigenvalue weighted by Crippen LogP contribution is -2.38. The maximum atomic E-state index is 11.4. The van der Waals surface area contributed by atoms with Crippen LogP contribution in [0.5, 0.6) is 0 Å². The smallest absolute Gasteiger partial charge is 0.220 e. The zero-order valence-electron chi connectivity index (χ0n) is 11.3. The van der Waals surface area contributed by atoms with Gasteiger partial charge < -0.3 is 14.8 Å². The normalized spacial score (nSPS) is 14.3. The van der Waals surface area contributed by atoms with Crippen molar-refractivity contribution in [2.75, 3.05) is 6.54 Å². The van der Waals surface area contributed by atoms with Crippen LogP contribution in [0.4, 0.5) is 0 Å². The van der Waals surface area contributed by atoms with Crippen molar-refractivity contribution in [1.29, 1.82) is 0 Å². The molecule has 1 aromatic carbocycles. The zero-order valence-corrected chi connectivity index (χ0v) is 11.3. The van der Waals surface area contributed by atoms with E-state index in [1.807, 2.05) is 31.2 Å². The summed E-state index contributed by atoms with van der Waals surface area (Å²) in [6.07, 6.45) is 1.26. The number of fused-ring (bicyclic) bond motifs is 1. The molecule has 19 heavy (non-hydrogen) atoms. The Bertz CT molecular complexity index is 539. The molecule has 0 spiro atoms. The Morgan fingerprint density at radius 3 is 2.84 bits per heavy atom. The molecule has 0 aliphatic heterocycles. The third-order valence-electron chi connectivity index (χ3n) is 3.06. The highest BCUT2D eigenvalue weighted by molar-refractivity contribution is 5.78. The van der Waals surface area contributed by atoms with E-state index in [2.05, 4.69) is 5.32 Å². The van der Waals surface area contributed by atoms with Crippen LogP contribution in [0, 0.1) is 0 Å². The van der Waals surface area contributed by atoms with Gasteiger partial charge in [-0.05, 0) is 25.5 Å². The molecule has 4 heteroatoms. The average molecular weight is 261 g/mol.